The molecule has 1 heteroatoms. The summed E-state index contributed by atoms with van der Waals surface area (Å²) in [4.78, 5) is 2.45. The third-order valence-electron chi connectivity index (χ3n) is 13.5. The van der Waals surface area contributed by atoms with E-state index in [2.05, 4.69) is 232 Å². The Morgan fingerprint density at radius 2 is 0.950 bits per heavy atom. The van der Waals surface area contributed by atoms with Crippen LogP contribution in [0.2, 0.25) is 0 Å². The predicted octanol–water partition coefficient (Wildman–Crippen LogP) is 15.5. The number of para-hydroxylation sites is 1. The first kappa shape index (κ1) is 35.9. The van der Waals surface area contributed by atoms with Crippen LogP contribution in [-0.4, -0.2) is 0 Å². The van der Waals surface area contributed by atoms with E-state index in [0.717, 1.165) is 22.6 Å². The van der Waals surface area contributed by atoms with Gasteiger partial charge in [-0.15, -0.1) is 0 Å². The van der Waals surface area contributed by atoms with Crippen molar-refractivity contribution in [2.24, 2.45) is 0 Å². The molecule has 0 bridgehead atoms. The zero-order valence-electron chi connectivity index (χ0n) is 34.3. The van der Waals surface area contributed by atoms with Crippen LogP contribution in [0, 0.1) is 0 Å². The van der Waals surface area contributed by atoms with Gasteiger partial charge in [-0.05, 0) is 121 Å². The lowest BCUT2D eigenvalue weighted by Crippen LogP contribution is -2.28. The molecular formula is C59H45N. The van der Waals surface area contributed by atoms with Gasteiger partial charge in [0.25, 0.3) is 0 Å². The summed E-state index contributed by atoms with van der Waals surface area (Å²) in [6, 6.07) is 71.8. The molecule has 1 nitrogen and oxygen atoms in total. The third-order valence-corrected chi connectivity index (χ3v) is 13.5. The van der Waals surface area contributed by atoms with Gasteiger partial charge in [0.2, 0.25) is 0 Å². The lowest BCUT2D eigenvalue weighted by molar-refractivity contribution is 0.660. The Morgan fingerprint density at radius 1 is 0.467 bits per heavy atom. The van der Waals surface area contributed by atoms with Crippen molar-refractivity contribution >= 4 is 28.2 Å². The molecule has 0 aromatic heterocycles. The Morgan fingerprint density at radius 3 is 1.58 bits per heavy atom. The minimum atomic E-state index is -0.461. The highest BCUT2D eigenvalue weighted by Gasteiger charge is 2.53. The summed E-state index contributed by atoms with van der Waals surface area (Å²) in [5, 5.41) is 0. The number of hydrogen-bond acceptors (Lipinski definition) is 1. The highest BCUT2D eigenvalue weighted by atomic mass is 15.1. The Labute approximate surface area is 354 Å². The summed E-state index contributed by atoms with van der Waals surface area (Å²) >= 11 is 0. The van der Waals surface area contributed by atoms with Crippen LogP contribution in [0.25, 0.3) is 44.5 Å². The van der Waals surface area contributed by atoms with Crippen LogP contribution in [0.5, 0.6) is 0 Å². The molecule has 11 rings (SSSR count). The van der Waals surface area contributed by atoms with Gasteiger partial charge in [0.1, 0.15) is 0 Å². The molecular weight excluding hydrogens is 723 g/mol. The molecule has 8 aromatic carbocycles. The van der Waals surface area contributed by atoms with Gasteiger partial charge < -0.3 is 4.90 Å². The molecule has 0 amide bonds. The van der Waals surface area contributed by atoms with E-state index in [0.29, 0.717) is 0 Å². The topological polar surface area (TPSA) is 3.24 Å². The molecule has 0 radical (unpaired) electrons. The molecule has 0 fully saturated rings. The third kappa shape index (κ3) is 5.05. The van der Waals surface area contributed by atoms with Crippen molar-refractivity contribution in [2.45, 2.75) is 31.6 Å². The van der Waals surface area contributed by atoms with Crippen LogP contribution in [0.15, 0.2) is 218 Å². The molecule has 60 heavy (non-hydrogen) atoms. The van der Waals surface area contributed by atoms with Gasteiger partial charge in [0.05, 0.1) is 11.1 Å². The zero-order chi connectivity index (χ0) is 40.6. The highest BCUT2D eigenvalue weighted by molar-refractivity contribution is 6.04. The average molecular weight is 768 g/mol. The van der Waals surface area contributed by atoms with Crippen LogP contribution in [0.1, 0.15) is 59.7 Å². The maximum Gasteiger partial charge on any atom is 0.0728 e. The summed E-state index contributed by atoms with van der Waals surface area (Å²) in [6.45, 7) is 11.3. The quantitative estimate of drug-likeness (QED) is 0.146. The van der Waals surface area contributed by atoms with Crippen molar-refractivity contribution < 1.29 is 0 Å². The molecule has 0 heterocycles. The molecule has 8 aromatic rings. The first-order valence-electron chi connectivity index (χ1n) is 21.1. The molecule has 3 aliphatic carbocycles. The molecule has 0 N–H and O–H groups in total. The van der Waals surface area contributed by atoms with E-state index in [1.807, 2.05) is 6.08 Å². The second-order valence-corrected chi connectivity index (χ2v) is 16.9. The second kappa shape index (κ2) is 13.7. The van der Waals surface area contributed by atoms with Crippen molar-refractivity contribution in [3.8, 4) is 33.4 Å². The van der Waals surface area contributed by atoms with Gasteiger partial charge in [-0.3, -0.25) is 0 Å². The van der Waals surface area contributed by atoms with E-state index in [1.54, 1.807) is 0 Å². The first-order chi connectivity index (χ1) is 29.4. The van der Waals surface area contributed by atoms with Gasteiger partial charge >= 0.3 is 0 Å². The number of benzene rings is 8. The minimum absolute atomic E-state index is 0.126. The molecule has 286 valence electrons. The summed E-state index contributed by atoms with van der Waals surface area (Å²) in [6.07, 6.45) is 4.19. The Balaban J connectivity index is 1.09. The van der Waals surface area contributed by atoms with Crippen molar-refractivity contribution in [3.63, 3.8) is 0 Å². The van der Waals surface area contributed by atoms with Gasteiger partial charge in [0, 0.05) is 22.4 Å². The zero-order valence-corrected chi connectivity index (χ0v) is 34.3. The number of nitrogens with zero attached hydrogens (tertiary/aromatic N) is 1. The van der Waals surface area contributed by atoms with Gasteiger partial charge in [-0.1, -0.05) is 196 Å². The Bertz CT molecular complexity index is 3040. The van der Waals surface area contributed by atoms with Crippen LogP contribution >= 0.6 is 0 Å². The fourth-order valence-corrected chi connectivity index (χ4v) is 10.9. The van der Waals surface area contributed by atoms with Crippen LogP contribution < -0.4 is 4.90 Å². The fourth-order valence-electron chi connectivity index (χ4n) is 10.9. The summed E-state index contributed by atoms with van der Waals surface area (Å²) in [5.74, 6) is 0. The Kier molecular flexibility index (Phi) is 8.19. The van der Waals surface area contributed by atoms with Crippen molar-refractivity contribution in [2.75, 3.05) is 4.90 Å². The van der Waals surface area contributed by atoms with Crippen molar-refractivity contribution in [1.82, 2.24) is 0 Å². The number of allylic oxidation sites excluding steroid dienone is 5. The maximum atomic E-state index is 4.29. The molecule has 0 saturated carbocycles. The normalized spacial score (nSPS) is 14.9. The Hall–Kier alpha value is -7.22. The van der Waals surface area contributed by atoms with Gasteiger partial charge in [-0.25, -0.2) is 0 Å². The van der Waals surface area contributed by atoms with E-state index >= 15 is 0 Å². The average Bonchev–Trinajstić information content (AvgIpc) is 3.83. The SMILES string of the molecule is C=C/C=C(\C1=C(C)c2ccccc2C12c1ccccc1-c1ccccc12)c1ccc(N(c2ccc3c(c2)C(C)(C)c2ccccc2-3)c2ccccc2-c2ccccc2)cc1. The summed E-state index contributed by atoms with van der Waals surface area (Å²) in [7, 11) is 0. The van der Waals surface area contributed by atoms with E-state index in [-0.39, 0.29) is 5.41 Å². The summed E-state index contributed by atoms with van der Waals surface area (Å²) in [5.41, 5.74) is 23.4. The molecule has 0 unspecified atom stereocenters. The van der Waals surface area contributed by atoms with Crippen LogP contribution in [0.4, 0.5) is 17.1 Å². The molecule has 0 saturated heterocycles. The number of fused-ring (bicyclic) bond motifs is 10. The molecule has 0 atom stereocenters. The second-order valence-electron chi connectivity index (χ2n) is 16.9. The molecule has 0 aliphatic heterocycles. The van der Waals surface area contributed by atoms with Crippen molar-refractivity contribution in [3.05, 3.63) is 257 Å². The number of anilines is 3. The van der Waals surface area contributed by atoms with Crippen LogP contribution in [0.3, 0.4) is 0 Å². The fraction of sp³-hybridized carbons (Fsp3) is 0.0847. The molecule has 3 aliphatic rings. The van der Waals surface area contributed by atoms with Crippen LogP contribution in [-0.2, 0) is 10.8 Å². The first-order valence-corrected chi connectivity index (χ1v) is 21.1. The van der Waals surface area contributed by atoms with Gasteiger partial charge in [-0.2, -0.15) is 0 Å². The smallest absolute Gasteiger partial charge is 0.0728 e. The lowest BCUT2D eigenvalue weighted by Gasteiger charge is -2.34. The lowest BCUT2D eigenvalue weighted by atomic mass is 9.67. The van der Waals surface area contributed by atoms with E-state index in [1.165, 1.54) is 83.5 Å². The predicted molar refractivity (Wildman–Crippen MR) is 253 cm³/mol. The molecule has 1 spiro atoms. The minimum Gasteiger partial charge on any atom is -0.310 e. The highest BCUT2D eigenvalue weighted by Crippen LogP contribution is 2.64. The van der Waals surface area contributed by atoms with E-state index < -0.39 is 5.41 Å². The standard InChI is InChI=1S/C59H45N/c1-5-19-46(57-39(2)44-22-9-15-28-52(44)59(57)53-29-16-11-25-48(53)49-26-12-17-30-54(49)59)41-32-34-42(35-33-41)60(56-31-18-13-23-45(56)40-20-7-6-8-21-40)43-36-37-50-47-24-10-14-27-51(47)58(3,4)55(50)38-43/h5-38H,1H2,2-4H3/b46-19-. The van der Waals surface area contributed by atoms with E-state index in [9.17, 15) is 0 Å². The monoisotopic (exact) mass is 767 g/mol. The maximum absolute atomic E-state index is 4.29. The van der Waals surface area contributed by atoms with E-state index in [4.69, 9.17) is 0 Å². The number of rotatable bonds is 7. The summed E-state index contributed by atoms with van der Waals surface area (Å²) < 4.78 is 0. The number of hydrogen-bond donors (Lipinski definition) is 0. The van der Waals surface area contributed by atoms with Crippen molar-refractivity contribution in [1.29, 1.82) is 0 Å². The largest absolute Gasteiger partial charge is 0.310 e. The van der Waals surface area contributed by atoms with Gasteiger partial charge in [0.15, 0.2) is 0 Å².